The molecule has 0 aliphatic carbocycles. The Kier molecular flexibility index (Phi) is 3.10. The van der Waals surface area contributed by atoms with E-state index in [1.165, 1.54) is 0 Å². The molecule has 5 heteroatoms. The van der Waals surface area contributed by atoms with Gasteiger partial charge in [0.25, 0.3) is 0 Å². The van der Waals surface area contributed by atoms with Gasteiger partial charge in [0, 0.05) is 12.1 Å². The standard InChI is InChI=1S/C12H13NO4/c14-11(15)5-9-7-3-1-2-4-8(7)10(13-9)6-12(16)17/h1-4,9-10,13H,5-6H2,(H,14,15)(H,16,17)/t9-,10-/m0/s1. The quantitative estimate of drug-likeness (QED) is 0.732. The van der Waals surface area contributed by atoms with Crippen LogP contribution in [0.1, 0.15) is 36.1 Å². The molecule has 3 N–H and O–H groups in total. The summed E-state index contributed by atoms with van der Waals surface area (Å²) in [6.45, 7) is 0. The second kappa shape index (κ2) is 4.55. The molecule has 0 radical (unpaired) electrons. The van der Waals surface area contributed by atoms with Crippen LogP contribution in [0.15, 0.2) is 24.3 Å². The Morgan fingerprint density at radius 1 is 1.00 bits per heavy atom. The van der Waals surface area contributed by atoms with Crippen molar-refractivity contribution in [1.29, 1.82) is 0 Å². The number of hydrogen-bond acceptors (Lipinski definition) is 3. The Bertz CT molecular complexity index is 417. The molecule has 0 saturated heterocycles. The molecule has 2 rings (SSSR count). The normalized spacial score (nSPS) is 22.1. The van der Waals surface area contributed by atoms with Gasteiger partial charge in [0.15, 0.2) is 0 Å². The first-order valence-corrected chi connectivity index (χ1v) is 5.36. The molecule has 0 amide bonds. The third kappa shape index (κ3) is 2.45. The number of carbonyl (C=O) groups is 2. The average molecular weight is 235 g/mol. The maximum atomic E-state index is 10.7. The van der Waals surface area contributed by atoms with E-state index in [2.05, 4.69) is 5.32 Å². The fourth-order valence-electron chi connectivity index (χ4n) is 2.25. The van der Waals surface area contributed by atoms with Crippen LogP contribution in [0.25, 0.3) is 0 Å². The Balaban J connectivity index is 2.26. The molecule has 1 aromatic rings. The molecular weight excluding hydrogens is 222 g/mol. The van der Waals surface area contributed by atoms with Crippen molar-refractivity contribution in [2.45, 2.75) is 24.9 Å². The maximum absolute atomic E-state index is 10.7. The van der Waals surface area contributed by atoms with Crippen molar-refractivity contribution in [3.63, 3.8) is 0 Å². The molecule has 0 saturated carbocycles. The minimum absolute atomic E-state index is 0.0346. The van der Waals surface area contributed by atoms with Crippen LogP contribution in [0.4, 0.5) is 0 Å². The molecule has 0 fully saturated rings. The van der Waals surface area contributed by atoms with Crippen LogP contribution in [0.2, 0.25) is 0 Å². The second-order valence-corrected chi connectivity index (χ2v) is 4.10. The Morgan fingerprint density at radius 3 is 1.76 bits per heavy atom. The van der Waals surface area contributed by atoms with Crippen molar-refractivity contribution >= 4 is 11.9 Å². The van der Waals surface area contributed by atoms with Crippen molar-refractivity contribution in [2.75, 3.05) is 0 Å². The summed E-state index contributed by atoms with van der Waals surface area (Å²) in [5.74, 6) is -1.79. The van der Waals surface area contributed by atoms with Crippen molar-refractivity contribution in [3.05, 3.63) is 35.4 Å². The summed E-state index contributed by atoms with van der Waals surface area (Å²) < 4.78 is 0. The molecule has 1 heterocycles. The van der Waals surface area contributed by atoms with Crippen molar-refractivity contribution in [3.8, 4) is 0 Å². The smallest absolute Gasteiger partial charge is 0.305 e. The van der Waals surface area contributed by atoms with E-state index in [9.17, 15) is 9.59 Å². The molecule has 5 nitrogen and oxygen atoms in total. The van der Waals surface area contributed by atoms with Crippen molar-refractivity contribution in [1.82, 2.24) is 5.32 Å². The number of rotatable bonds is 4. The van der Waals surface area contributed by atoms with Crippen LogP contribution in [0.5, 0.6) is 0 Å². The summed E-state index contributed by atoms with van der Waals surface area (Å²) in [6, 6.07) is 6.76. The number of fused-ring (bicyclic) bond motifs is 1. The van der Waals surface area contributed by atoms with Gasteiger partial charge in [0.05, 0.1) is 12.8 Å². The summed E-state index contributed by atoms with van der Waals surface area (Å²) >= 11 is 0. The predicted molar refractivity (Wildman–Crippen MR) is 59.6 cm³/mol. The van der Waals surface area contributed by atoms with E-state index in [1.54, 1.807) is 0 Å². The number of carboxylic acids is 2. The third-order valence-electron chi connectivity index (χ3n) is 2.91. The minimum atomic E-state index is -0.895. The van der Waals surface area contributed by atoms with Gasteiger partial charge in [-0.3, -0.25) is 9.59 Å². The molecule has 90 valence electrons. The zero-order valence-corrected chi connectivity index (χ0v) is 9.09. The van der Waals surface area contributed by atoms with Crippen molar-refractivity contribution in [2.24, 2.45) is 0 Å². The lowest BCUT2D eigenvalue weighted by molar-refractivity contribution is -0.137. The topological polar surface area (TPSA) is 86.6 Å². The van der Waals surface area contributed by atoms with E-state index in [0.29, 0.717) is 0 Å². The van der Waals surface area contributed by atoms with Crippen LogP contribution >= 0.6 is 0 Å². The predicted octanol–water partition coefficient (Wildman–Crippen LogP) is 1.32. The molecule has 1 aliphatic rings. The monoisotopic (exact) mass is 235 g/mol. The zero-order chi connectivity index (χ0) is 12.4. The van der Waals surface area contributed by atoms with Gasteiger partial charge in [-0.05, 0) is 11.1 Å². The second-order valence-electron chi connectivity index (χ2n) is 4.10. The van der Waals surface area contributed by atoms with Gasteiger partial charge in [-0.25, -0.2) is 0 Å². The zero-order valence-electron chi connectivity index (χ0n) is 9.09. The van der Waals surface area contributed by atoms with E-state index < -0.39 is 11.9 Å². The molecule has 0 spiro atoms. The molecule has 0 bridgehead atoms. The highest BCUT2D eigenvalue weighted by Crippen LogP contribution is 2.36. The number of aliphatic carboxylic acids is 2. The highest BCUT2D eigenvalue weighted by Gasteiger charge is 2.32. The van der Waals surface area contributed by atoms with Gasteiger partial charge in [-0.2, -0.15) is 0 Å². The van der Waals surface area contributed by atoms with E-state index in [0.717, 1.165) is 11.1 Å². The van der Waals surface area contributed by atoms with Crippen molar-refractivity contribution < 1.29 is 19.8 Å². The first-order valence-electron chi connectivity index (χ1n) is 5.36. The first kappa shape index (κ1) is 11.6. The largest absolute Gasteiger partial charge is 0.481 e. The fraction of sp³-hybridized carbons (Fsp3) is 0.333. The molecule has 0 aromatic heterocycles. The van der Waals surface area contributed by atoms with E-state index in [1.807, 2.05) is 24.3 Å². The van der Waals surface area contributed by atoms with Crippen LogP contribution in [0.3, 0.4) is 0 Å². The lowest BCUT2D eigenvalue weighted by Crippen LogP contribution is -2.22. The molecular formula is C12H13NO4. The van der Waals surface area contributed by atoms with Crippen LogP contribution in [-0.2, 0) is 9.59 Å². The SMILES string of the molecule is O=C(O)C[C@@H]1N[C@@H](CC(=O)O)c2ccccc21. The summed E-state index contributed by atoms with van der Waals surface area (Å²) in [7, 11) is 0. The fourth-order valence-corrected chi connectivity index (χ4v) is 2.25. The summed E-state index contributed by atoms with van der Waals surface area (Å²) in [6.07, 6.45) is -0.0692. The van der Waals surface area contributed by atoms with Gasteiger partial charge in [0.2, 0.25) is 0 Å². The van der Waals surface area contributed by atoms with Gasteiger partial charge < -0.3 is 15.5 Å². The minimum Gasteiger partial charge on any atom is -0.481 e. The Labute approximate surface area is 98.1 Å². The summed E-state index contributed by atoms with van der Waals surface area (Å²) in [5, 5.41) is 20.7. The summed E-state index contributed by atoms with van der Waals surface area (Å²) in [5.41, 5.74) is 1.78. The van der Waals surface area contributed by atoms with E-state index in [4.69, 9.17) is 10.2 Å². The molecule has 17 heavy (non-hydrogen) atoms. The van der Waals surface area contributed by atoms with Crippen LogP contribution < -0.4 is 5.32 Å². The molecule has 1 aliphatic heterocycles. The van der Waals surface area contributed by atoms with E-state index >= 15 is 0 Å². The molecule has 2 atom stereocenters. The number of carboxylic acid groups (broad SMARTS) is 2. The first-order chi connectivity index (χ1) is 8.08. The third-order valence-corrected chi connectivity index (χ3v) is 2.91. The molecule has 1 aromatic carbocycles. The highest BCUT2D eigenvalue weighted by atomic mass is 16.4. The van der Waals surface area contributed by atoms with Gasteiger partial charge in [0.1, 0.15) is 0 Å². The number of benzene rings is 1. The Hall–Kier alpha value is -1.88. The van der Waals surface area contributed by atoms with Gasteiger partial charge in [-0.15, -0.1) is 0 Å². The number of nitrogens with one attached hydrogen (secondary N) is 1. The maximum Gasteiger partial charge on any atom is 0.305 e. The van der Waals surface area contributed by atoms with Gasteiger partial charge >= 0.3 is 11.9 Å². The highest BCUT2D eigenvalue weighted by molar-refractivity contribution is 5.70. The van der Waals surface area contributed by atoms with Crippen LogP contribution in [-0.4, -0.2) is 22.2 Å². The lowest BCUT2D eigenvalue weighted by atomic mass is 9.99. The summed E-state index contributed by atoms with van der Waals surface area (Å²) in [4.78, 5) is 21.5. The van der Waals surface area contributed by atoms with E-state index in [-0.39, 0.29) is 24.9 Å². The van der Waals surface area contributed by atoms with Gasteiger partial charge in [-0.1, -0.05) is 24.3 Å². The lowest BCUT2D eigenvalue weighted by Gasteiger charge is -2.11. The molecule has 0 unspecified atom stereocenters. The average Bonchev–Trinajstić information content (AvgIpc) is 2.56. The number of hydrogen-bond donors (Lipinski definition) is 3. The van der Waals surface area contributed by atoms with Crippen LogP contribution in [0, 0.1) is 0 Å². The Morgan fingerprint density at radius 2 is 1.41 bits per heavy atom.